The van der Waals surface area contributed by atoms with Crippen molar-refractivity contribution in [2.24, 2.45) is 5.73 Å². The number of nitrogens with two attached hydrogens (primary N) is 1. The van der Waals surface area contributed by atoms with Gasteiger partial charge in [-0.25, -0.2) is 4.98 Å². The molecule has 1 aliphatic rings. The van der Waals surface area contributed by atoms with Gasteiger partial charge in [-0.05, 0) is 26.2 Å². The zero-order valence-electron chi connectivity index (χ0n) is 7.70. The van der Waals surface area contributed by atoms with E-state index in [0.29, 0.717) is 11.2 Å². The fourth-order valence-electron chi connectivity index (χ4n) is 2.02. The molecule has 72 valence electrons. The van der Waals surface area contributed by atoms with E-state index in [9.17, 15) is 0 Å². The molecule has 1 aliphatic heterocycles. The van der Waals surface area contributed by atoms with Gasteiger partial charge in [0.1, 0.15) is 5.15 Å². The minimum Gasteiger partial charge on any atom is -0.328 e. The molecule has 0 saturated heterocycles. The maximum absolute atomic E-state index is 5.95. The first-order chi connectivity index (χ1) is 6.20. The Labute approximate surface area is 82.9 Å². The molecule has 2 atom stereocenters. The van der Waals surface area contributed by atoms with Crippen molar-refractivity contribution in [1.82, 2.24) is 9.55 Å². The minimum atomic E-state index is 0.171. The molecule has 0 amide bonds. The van der Waals surface area contributed by atoms with Crippen molar-refractivity contribution in [3.8, 4) is 0 Å². The Bertz CT molecular complexity index is 306. The minimum absolute atomic E-state index is 0.171. The molecule has 2 unspecified atom stereocenters. The van der Waals surface area contributed by atoms with Crippen LogP contribution in [0.25, 0.3) is 0 Å². The van der Waals surface area contributed by atoms with Crippen LogP contribution in [-0.4, -0.2) is 15.6 Å². The van der Waals surface area contributed by atoms with Crippen LogP contribution in [0.5, 0.6) is 0 Å². The Morgan fingerprint density at radius 3 is 3.23 bits per heavy atom. The van der Waals surface area contributed by atoms with Gasteiger partial charge < -0.3 is 10.3 Å². The summed E-state index contributed by atoms with van der Waals surface area (Å²) in [7, 11) is 0. The lowest BCUT2D eigenvalue weighted by atomic mass is 9.98. The van der Waals surface area contributed by atoms with Gasteiger partial charge in [-0.15, -0.1) is 0 Å². The van der Waals surface area contributed by atoms with Crippen molar-refractivity contribution in [1.29, 1.82) is 0 Å². The maximum Gasteiger partial charge on any atom is 0.150 e. The summed E-state index contributed by atoms with van der Waals surface area (Å²) in [4.78, 5) is 4.10. The molecule has 1 aromatic rings. The summed E-state index contributed by atoms with van der Waals surface area (Å²) < 4.78 is 2.14. The first kappa shape index (κ1) is 9.03. The summed E-state index contributed by atoms with van der Waals surface area (Å²) in [5, 5.41) is 0.644. The van der Waals surface area contributed by atoms with Crippen LogP contribution in [0.1, 0.15) is 31.5 Å². The molecular weight excluding hydrogens is 186 g/mol. The molecule has 0 saturated carbocycles. The number of aromatic nitrogens is 2. The second kappa shape index (κ2) is 3.31. The highest BCUT2D eigenvalue weighted by atomic mass is 35.5. The van der Waals surface area contributed by atoms with Gasteiger partial charge >= 0.3 is 0 Å². The highest BCUT2D eigenvalue weighted by Crippen LogP contribution is 2.29. The Kier molecular flexibility index (Phi) is 2.30. The van der Waals surface area contributed by atoms with E-state index >= 15 is 0 Å². The highest BCUT2D eigenvalue weighted by molar-refractivity contribution is 6.30. The van der Waals surface area contributed by atoms with Gasteiger partial charge in [0, 0.05) is 12.1 Å². The van der Waals surface area contributed by atoms with Crippen molar-refractivity contribution in [2.75, 3.05) is 0 Å². The number of rotatable bonds is 1. The van der Waals surface area contributed by atoms with Crippen LogP contribution in [0.4, 0.5) is 0 Å². The predicted molar refractivity (Wildman–Crippen MR) is 52.9 cm³/mol. The molecule has 0 fully saturated rings. The smallest absolute Gasteiger partial charge is 0.150 e. The number of nitrogens with zero attached hydrogens (tertiary/aromatic N) is 2. The van der Waals surface area contributed by atoms with Gasteiger partial charge in [0.05, 0.1) is 12.0 Å². The second-order valence-corrected chi connectivity index (χ2v) is 4.07. The number of fused-ring (bicyclic) bond motifs is 1. The van der Waals surface area contributed by atoms with Gasteiger partial charge in [-0.3, -0.25) is 0 Å². The standard InChI is InChI=1S/C9H14ClN3/c1-6(11)7-3-2-4-8-9(10)12-5-13(7)8/h5-7H,2-4,11H2,1H3. The van der Waals surface area contributed by atoms with Crippen LogP contribution in [0, 0.1) is 0 Å². The molecule has 2 N–H and O–H groups in total. The molecule has 2 heterocycles. The van der Waals surface area contributed by atoms with E-state index in [4.69, 9.17) is 17.3 Å². The topological polar surface area (TPSA) is 43.8 Å². The lowest BCUT2D eigenvalue weighted by Gasteiger charge is -2.28. The second-order valence-electron chi connectivity index (χ2n) is 3.71. The third-order valence-electron chi connectivity index (χ3n) is 2.72. The molecule has 2 rings (SSSR count). The maximum atomic E-state index is 5.95. The first-order valence-electron chi connectivity index (χ1n) is 4.67. The number of hydrogen-bond acceptors (Lipinski definition) is 2. The monoisotopic (exact) mass is 199 g/mol. The summed E-state index contributed by atoms with van der Waals surface area (Å²) in [5.74, 6) is 0. The lowest BCUT2D eigenvalue weighted by molar-refractivity contribution is 0.353. The van der Waals surface area contributed by atoms with Crippen molar-refractivity contribution < 1.29 is 0 Å². The number of imidazole rings is 1. The molecule has 13 heavy (non-hydrogen) atoms. The Morgan fingerprint density at radius 2 is 2.54 bits per heavy atom. The van der Waals surface area contributed by atoms with Gasteiger partial charge in [0.2, 0.25) is 0 Å². The van der Waals surface area contributed by atoms with Gasteiger partial charge in [0.25, 0.3) is 0 Å². The van der Waals surface area contributed by atoms with E-state index in [1.165, 1.54) is 0 Å². The van der Waals surface area contributed by atoms with Crippen molar-refractivity contribution in [3.63, 3.8) is 0 Å². The Balaban J connectivity index is 2.38. The van der Waals surface area contributed by atoms with Gasteiger partial charge in [-0.2, -0.15) is 0 Å². The van der Waals surface area contributed by atoms with Crippen LogP contribution in [0.15, 0.2) is 6.33 Å². The van der Waals surface area contributed by atoms with Crippen molar-refractivity contribution in [3.05, 3.63) is 17.2 Å². The van der Waals surface area contributed by atoms with Crippen LogP contribution in [0.3, 0.4) is 0 Å². The normalized spacial score (nSPS) is 24.1. The van der Waals surface area contributed by atoms with Crippen LogP contribution in [0.2, 0.25) is 5.15 Å². The zero-order chi connectivity index (χ0) is 9.42. The average molecular weight is 200 g/mol. The first-order valence-corrected chi connectivity index (χ1v) is 5.04. The molecule has 1 aromatic heterocycles. The average Bonchev–Trinajstić information content (AvgIpc) is 2.48. The predicted octanol–water partition coefficient (Wildman–Crippen LogP) is 1.76. The zero-order valence-corrected chi connectivity index (χ0v) is 8.46. The van der Waals surface area contributed by atoms with Crippen molar-refractivity contribution >= 4 is 11.6 Å². The summed E-state index contributed by atoms with van der Waals surface area (Å²) >= 11 is 5.95. The molecule has 0 bridgehead atoms. The third-order valence-corrected chi connectivity index (χ3v) is 3.04. The molecule has 0 aromatic carbocycles. The largest absolute Gasteiger partial charge is 0.328 e. The molecule has 0 aliphatic carbocycles. The van der Waals surface area contributed by atoms with Gasteiger partial charge in [-0.1, -0.05) is 11.6 Å². The van der Waals surface area contributed by atoms with Crippen LogP contribution in [-0.2, 0) is 6.42 Å². The van der Waals surface area contributed by atoms with E-state index in [0.717, 1.165) is 25.0 Å². The lowest BCUT2D eigenvalue weighted by Crippen LogP contribution is -2.32. The molecule has 3 nitrogen and oxygen atoms in total. The van der Waals surface area contributed by atoms with E-state index in [1.54, 1.807) is 0 Å². The van der Waals surface area contributed by atoms with E-state index in [-0.39, 0.29) is 6.04 Å². The fourth-order valence-corrected chi connectivity index (χ4v) is 2.25. The van der Waals surface area contributed by atoms with E-state index in [2.05, 4.69) is 9.55 Å². The molecule has 4 heteroatoms. The van der Waals surface area contributed by atoms with Crippen LogP contribution >= 0.6 is 11.6 Å². The Hall–Kier alpha value is -0.540. The summed E-state index contributed by atoms with van der Waals surface area (Å²) in [6, 6.07) is 0.549. The van der Waals surface area contributed by atoms with Gasteiger partial charge in [0.15, 0.2) is 0 Å². The Morgan fingerprint density at radius 1 is 1.77 bits per heavy atom. The molecule has 0 radical (unpaired) electrons. The fraction of sp³-hybridized carbons (Fsp3) is 0.667. The van der Waals surface area contributed by atoms with Crippen LogP contribution < -0.4 is 5.73 Å². The molecular formula is C9H14ClN3. The quantitative estimate of drug-likeness (QED) is 0.749. The number of hydrogen-bond donors (Lipinski definition) is 1. The summed E-state index contributed by atoms with van der Waals surface area (Å²) in [6.07, 6.45) is 5.14. The third kappa shape index (κ3) is 1.46. The summed E-state index contributed by atoms with van der Waals surface area (Å²) in [6.45, 7) is 2.04. The van der Waals surface area contributed by atoms with E-state index in [1.807, 2.05) is 13.3 Å². The van der Waals surface area contributed by atoms with Crippen molar-refractivity contribution in [2.45, 2.75) is 38.3 Å². The number of halogens is 1. The molecule has 0 spiro atoms. The SMILES string of the molecule is CC(N)C1CCCc2c(Cl)ncn21. The highest BCUT2D eigenvalue weighted by Gasteiger charge is 2.24. The summed E-state index contributed by atoms with van der Waals surface area (Å²) in [5.41, 5.74) is 7.05. The van der Waals surface area contributed by atoms with E-state index < -0.39 is 0 Å².